The quantitative estimate of drug-likeness (QED) is 0.702. The number of aromatic nitrogens is 2. The molecular formula is C22H22FN3O2. The molecule has 0 aliphatic carbocycles. The molecule has 6 heteroatoms. The van der Waals surface area contributed by atoms with Gasteiger partial charge < -0.3 is 4.90 Å². The molecule has 2 heterocycles. The van der Waals surface area contributed by atoms with Gasteiger partial charge in [-0.15, -0.1) is 0 Å². The van der Waals surface area contributed by atoms with Crippen LogP contribution in [0.15, 0.2) is 53.3 Å². The van der Waals surface area contributed by atoms with Crippen LogP contribution in [0, 0.1) is 11.7 Å². The van der Waals surface area contributed by atoms with Crippen molar-refractivity contribution in [2.24, 2.45) is 13.0 Å². The van der Waals surface area contributed by atoms with E-state index in [0.29, 0.717) is 24.5 Å². The van der Waals surface area contributed by atoms with Gasteiger partial charge in [-0.2, -0.15) is 5.10 Å². The van der Waals surface area contributed by atoms with E-state index in [-0.39, 0.29) is 17.0 Å². The van der Waals surface area contributed by atoms with Crippen molar-refractivity contribution in [2.45, 2.75) is 19.3 Å². The molecule has 2 aromatic carbocycles. The van der Waals surface area contributed by atoms with E-state index >= 15 is 0 Å². The van der Waals surface area contributed by atoms with Crippen LogP contribution in [-0.4, -0.2) is 33.7 Å². The predicted octanol–water partition coefficient (Wildman–Crippen LogP) is 3.17. The summed E-state index contributed by atoms with van der Waals surface area (Å²) < 4.78 is 15.1. The number of halogens is 1. The Labute approximate surface area is 162 Å². The fraction of sp³-hybridized carbons (Fsp3) is 0.318. The fourth-order valence-corrected chi connectivity index (χ4v) is 3.93. The summed E-state index contributed by atoms with van der Waals surface area (Å²) in [7, 11) is 1.66. The molecule has 1 amide bonds. The molecule has 28 heavy (non-hydrogen) atoms. The molecule has 3 aromatic rings. The first-order valence-electron chi connectivity index (χ1n) is 9.52. The molecule has 1 aromatic heterocycles. The number of nitrogens with zero attached hydrogens (tertiary/aromatic N) is 3. The molecule has 0 bridgehead atoms. The number of carbonyl (C=O) groups excluding carboxylic acids is 1. The van der Waals surface area contributed by atoms with Crippen molar-refractivity contribution in [3.8, 4) is 0 Å². The van der Waals surface area contributed by atoms with Gasteiger partial charge in [0.1, 0.15) is 5.82 Å². The van der Waals surface area contributed by atoms with E-state index in [2.05, 4.69) is 17.2 Å². The Kier molecular flexibility index (Phi) is 4.94. The van der Waals surface area contributed by atoms with Crippen LogP contribution in [0.25, 0.3) is 10.9 Å². The number of carbonyl (C=O) groups is 1. The van der Waals surface area contributed by atoms with Gasteiger partial charge >= 0.3 is 0 Å². The SMILES string of the molecule is Cn1nc(C(=O)N2CCC(Cc3ccccc3)CC2)c(=O)c2cc(F)ccc21. The summed E-state index contributed by atoms with van der Waals surface area (Å²) in [4.78, 5) is 27.3. The van der Waals surface area contributed by atoms with Crippen LogP contribution < -0.4 is 5.43 Å². The largest absolute Gasteiger partial charge is 0.337 e. The van der Waals surface area contributed by atoms with Crippen molar-refractivity contribution < 1.29 is 9.18 Å². The number of hydrogen-bond acceptors (Lipinski definition) is 3. The molecule has 0 N–H and O–H groups in total. The molecule has 0 spiro atoms. The van der Waals surface area contributed by atoms with E-state index in [9.17, 15) is 14.0 Å². The van der Waals surface area contributed by atoms with Gasteiger partial charge in [-0.05, 0) is 48.9 Å². The zero-order valence-electron chi connectivity index (χ0n) is 15.8. The van der Waals surface area contributed by atoms with Gasteiger partial charge in [0.15, 0.2) is 5.69 Å². The van der Waals surface area contributed by atoms with Crippen molar-refractivity contribution in [1.82, 2.24) is 14.7 Å². The average molecular weight is 379 g/mol. The van der Waals surface area contributed by atoms with E-state index < -0.39 is 11.2 Å². The summed E-state index contributed by atoms with van der Waals surface area (Å²) in [6.45, 7) is 1.20. The van der Waals surface area contributed by atoms with Crippen molar-refractivity contribution in [3.63, 3.8) is 0 Å². The van der Waals surface area contributed by atoms with Gasteiger partial charge in [-0.1, -0.05) is 30.3 Å². The lowest BCUT2D eigenvalue weighted by Gasteiger charge is -2.31. The minimum absolute atomic E-state index is 0.137. The second kappa shape index (κ2) is 7.54. The number of amides is 1. The lowest BCUT2D eigenvalue weighted by Crippen LogP contribution is -2.41. The molecular weight excluding hydrogens is 357 g/mol. The topological polar surface area (TPSA) is 55.2 Å². The van der Waals surface area contributed by atoms with Crippen LogP contribution in [-0.2, 0) is 13.5 Å². The molecule has 0 atom stereocenters. The summed E-state index contributed by atoms with van der Waals surface area (Å²) in [6.07, 6.45) is 2.78. The fourth-order valence-electron chi connectivity index (χ4n) is 3.93. The summed E-state index contributed by atoms with van der Waals surface area (Å²) in [6, 6.07) is 14.3. The first kappa shape index (κ1) is 18.3. The molecule has 1 fully saturated rings. The monoisotopic (exact) mass is 379 g/mol. The Morgan fingerprint density at radius 3 is 2.57 bits per heavy atom. The van der Waals surface area contributed by atoms with Gasteiger partial charge in [-0.25, -0.2) is 4.39 Å². The Morgan fingerprint density at radius 1 is 1.14 bits per heavy atom. The number of fused-ring (bicyclic) bond motifs is 1. The lowest BCUT2D eigenvalue weighted by atomic mass is 9.90. The molecule has 4 rings (SSSR count). The Bertz CT molecular complexity index is 1070. The van der Waals surface area contributed by atoms with Crippen LogP contribution in [0.2, 0.25) is 0 Å². The number of likely N-dealkylation sites (tertiary alicyclic amines) is 1. The van der Waals surface area contributed by atoms with Gasteiger partial charge in [-0.3, -0.25) is 14.3 Å². The van der Waals surface area contributed by atoms with E-state index in [4.69, 9.17) is 0 Å². The van der Waals surface area contributed by atoms with Gasteiger partial charge in [0, 0.05) is 20.1 Å². The maximum Gasteiger partial charge on any atom is 0.278 e. The standard InChI is InChI=1S/C22H22FN3O2/c1-25-19-8-7-17(23)14-18(19)21(27)20(24-25)22(28)26-11-9-16(10-12-26)13-15-5-3-2-4-6-15/h2-8,14,16H,9-13H2,1H3. The molecule has 144 valence electrons. The molecule has 0 unspecified atom stereocenters. The van der Waals surface area contributed by atoms with Gasteiger partial charge in [0.2, 0.25) is 5.43 Å². The third-order valence-corrected chi connectivity index (χ3v) is 5.49. The number of aryl methyl sites for hydroxylation is 1. The van der Waals surface area contributed by atoms with E-state index in [1.165, 1.54) is 28.4 Å². The number of piperidine rings is 1. The van der Waals surface area contributed by atoms with Crippen molar-refractivity contribution >= 4 is 16.8 Å². The zero-order chi connectivity index (χ0) is 19.7. The maximum atomic E-state index is 13.6. The first-order chi connectivity index (χ1) is 13.5. The number of rotatable bonds is 3. The Hall–Kier alpha value is -3.02. The van der Waals surface area contributed by atoms with Gasteiger partial charge in [0.05, 0.1) is 10.9 Å². The Morgan fingerprint density at radius 2 is 1.86 bits per heavy atom. The van der Waals surface area contributed by atoms with Crippen molar-refractivity contribution in [3.05, 3.63) is 75.8 Å². The molecule has 1 aliphatic heterocycles. The highest BCUT2D eigenvalue weighted by molar-refractivity contribution is 5.95. The average Bonchev–Trinajstić information content (AvgIpc) is 2.71. The van der Waals surface area contributed by atoms with E-state index in [0.717, 1.165) is 19.3 Å². The van der Waals surface area contributed by atoms with Crippen LogP contribution in [0.3, 0.4) is 0 Å². The summed E-state index contributed by atoms with van der Waals surface area (Å²) >= 11 is 0. The van der Waals surface area contributed by atoms with E-state index in [1.807, 2.05) is 18.2 Å². The molecule has 0 saturated carbocycles. The summed E-state index contributed by atoms with van der Waals surface area (Å²) in [5, 5.41) is 4.36. The number of hydrogen-bond donors (Lipinski definition) is 0. The Balaban J connectivity index is 1.51. The highest BCUT2D eigenvalue weighted by Gasteiger charge is 2.27. The molecule has 5 nitrogen and oxygen atoms in total. The third kappa shape index (κ3) is 3.54. The predicted molar refractivity (Wildman–Crippen MR) is 106 cm³/mol. The number of benzene rings is 2. The minimum Gasteiger partial charge on any atom is -0.337 e. The summed E-state index contributed by atoms with van der Waals surface area (Å²) in [5.74, 6) is -0.353. The van der Waals surface area contributed by atoms with Crippen LogP contribution in [0.4, 0.5) is 4.39 Å². The second-order valence-corrected chi connectivity index (χ2v) is 7.39. The third-order valence-electron chi connectivity index (χ3n) is 5.49. The smallest absolute Gasteiger partial charge is 0.278 e. The maximum absolute atomic E-state index is 13.6. The molecule has 1 saturated heterocycles. The first-order valence-corrected chi connectivity index (χ1v) is 9.52. The van der Waals surface area contributed by atoms with Crippen molar-refractivity contribution in [2.75, 3.05) is 13.1 Å². The van der Waals surface area contributed by atoms with Crippen LogP contribution >= 0.6 is 0 Å². The molecule has 0 radical (unpaired) electrons. The van der Waals surface area contributed by atoms with E-state index in [1.54, 1.807) is 11.9 Å². The highest BCUT2D eigenvalue weighted by atomic mass is 19.1. The molecule has 1 aliphatic rings. The lowest BCUT2D eigenvalue weighted by molar-refractivity contribution is 0.0681. The zero-order valence-corrected chi connectivity index (χ0v) is 15.8. The minimum atomic E-state index is -0.510. The second-order valence-electron chi connectivity index (χ2n) is 7.39. The van der Waals surface area contributed by atoms with Gasteiger partial charge in [0.25, 0.3) is 5.91 Å². The van der Waals surface area contributed by atoms with Crippen LogP contribution in [0.1, 0.15) is 28.9 Å². The normalized spacial score (nSPS) is 15.1. The highest BCUT2D eigenvalue weighted by Crippen LogP contribution is 2.22. The van der Waals surface area contributed by atoms with Crippen molar-refractivity contribution in [1.29, 1.82) is 0 Å². The van der Waals surface area contributed by atoms with Crippen LogP contribution in [0.5, 0.6) is 0 Å². The summed E-state index contributed by atoms with van der Waals surface area (Å²) in [5.41, 5.74) is 1.16.